The highest BCUT2D eigenvalue weighted by Gasteiger charge is 2.26. The van der Waals surface area contributed by atoms with Gasteiger partial charge in [-0.05, 0) is 19.9 Å². The van der Waals surface area contributed by atoms with Gasteiger partial charge in [-0.25, -0.2) is 0 Å². The highest BCUT2D eigenvalue weighted by Crippen LogP contribution is 2.15. The van der Waals surface area contributed by atoms with Crippen LogP contribution in [-0.4, -0.2) is 49.2 Å². The van der Waals surface area contributed by atoms with Gasteiger partial charge >= 0.3 is 0 Å². The fraction of sp³-hybridized carbons (Fsp3) is 0.727. The predicted octanol–water partition coefficient (Wildman–Crippen LogP) is 0.399. The molecule has 0 bridgehead atoms. The number of morpholine rings is 1. The van der Waals surface area contributed by atoms with E-state index in [1.54, 1.807) is 0 Å². The van der Waals surface area contributed by atoms with Gasteiger partial charge in [0.05, 0.1) is 12.2 Å². The van der Waals surface area contributed by atoms with Crippen molar-refractivity contribution in [2.45, 2.75) is 19.4 Å². The Kier molecular flexibility index (Phi) is 4.29. The second kappa shape index (κ2) is 5.28. The topological polar surface area (TPSA) is 41.6 Å². The van der Waals surface area contributed by atoms with Gasteiger partial charge in [-0.3, -0.25) is 9.69 Å². The summed E-state index contributed by atoms with van der Waals surface area (Å²) in [4.78, 5) is 13.2. The van der Waals surface area contributed by atoms with Crippen molar-refractivity contribution in [2.24, 2.45) is 0 Å². The third kappa shape index (κ3) is 4.44. The summed E-state index contributed by atoms with van der Waals surface area (Å²) in [5.74, 6) is -0.109. The third-order valence-electron chi connectivity index (χ3n) is 2.42. The summed E-state index contributed by atoms with van der Waals surface area (Å²) in [6.45, 7) is 11.7. The van der Waals surface area contributed by atoms with Crippen LogP contribution in [-0.2, 0) is 9.53 Å². The van der Waals surface area contributed by atoms with Crippen molar-refractivity contribution in [3.63, 3.8) is 0 Å². The van der Waals surface area contributed by atoms with Crippen molar-refractivity contribution >= 4 is 5.91 Å². The zero-order chi connectivity index (χ0) is 11.3. The average molecular weight is 212 g/mol. The fourth-order valence-corrected chi connectivity index (χ4v) is 1.71. The minimum Gasteiger partial charge on any atom is -0.373 e. The number of hydrogen-bond donors (Lipinski definition) is 1. The van der Waals surface area contributed by atoms with Crippen LogP contribution in [0, 0.1) is 0 Å². The number of amides is 1. The Bertz CT molecular complexity index is 239. The summed E-state index contributed by atoms with van der Waals surface area (Å²) >= 11 is 0. The van der Waals surface area contributed by atoms with Crippen molar-refractivity contribution in [3.05, 3.63) is 12.7 Å². The second-order valence-corrected chi connectivity index (χ2v) is 4.38. The Labute approximate surface area is 91.3 Å². The first-order valence-electron chi connectivity index (χ1n) is 5.30. The molecule has 0 saturated carbocycles. The molecule has 1 aliphatic heterocycles. The molecule has 0 aromatic rings. The highest BCUT2D eigenvalue weighted by atomic mass is 16.5. The number of carbonyl (C=O) groups excluding carboxylic acids is 1. The van der Waals surface area contributed by atoms with Crippen LogP contribution in [0.5, 0.6) is 0 Å². The van der Waals surface area contributed by atoms with Crippen molar-refractivity contribution in [2.75, 3.05) is 32.8 Å². The summed E-state index contributed by atoms with van der Waals surface area (Å²) in [6, 6.07) is 0. The molecule has 0 unspecified atom stereocenters. The minimum absolute atomic E-state index is 0.0688. The van der Waals surface area contributed by atoms with Gasteiger partial charge in [-0.1, -0.05) is 6.58 Å². The van der Waals surface area contributed by atoms with E-state index in [1.165, 1.54) is 6.08 Å². The molecule has 1 fully saturated rings. The molecule has 0 aromatic carbocycles. The smallest absolute Gasteiger partial charge is 0.243 e. The maximum atomic E-state index is 10.9. The Morgan fingerprint density at radius 1 is 1.67 bits per heavy atom. The molecule has 1 amide bonds. The molecule has 1 rings (SSSR count). The van der Waals surface area contributed by atoms with E-state index in [1.807, 2.05) is 0 Å². The lowest BCUT2D eigenvalue weighted by Crippen LogP contribution is -2.50. The summed E-state index contributed by atoms with van der Waals surface area (Å²) in [6.07, 6.45) is 1.29. The monoisotopic (exact) mass is 212 g/mol. The van der Waals surface area contributed by atoms with Crippen LogP contribution in [0.1, 0.15) is 13.8 Å². The standard InChI is InChI=1S/C11H20N2O2/c1-4-10(14)12-5-6-13-7-8-15-11(2,3)9-13/h4H,1,5-9H2,2-3H3,(H,12,14). The Morgan fingerprint density at radius 3 is 3.00 bits per heavy atom. The molecular formula is C11H20N2O2. The van der Waals surface area contributed by atoms with Crippen LogP contribution in [0.2, 0.25) is 0 Å². The third-order valence-corrected chi connectivity index (χ3v) is 2.42. The van der Waals surface area contributed by atoms with Crippen LogP contribution < -0.4 is 5.32 Å². The molecule has 1 saturated heterocycles. The largest absolute Gasteiger partial charge is 0.373 e. The number of nitrogens with one attached hydrogen (secondary N) is 1. The van der Waals surface area contributed by atoms with Crippen LogP contribution >= 0.6 is 0 Å². The van der Waals surface area contributed by atoms with E-state index in [2.05, 4.69) is 30.6 Å². The molecule has 1 N–H and O–H groups in total. The predicted molar refractivity (Wildman–Crippen MR) is 59.7 cm³/mol. The number of carbonyl (C=O) groups is 1. The number of hydrogen-bond acceptors (Lipinski definition) is 3. The lowest BCUT2D eigenvalue weighted by Gasteiger charge is -2.38. The molecule has 0 aliphatic carbocycles. The zero-order valence-corrected chi connectivity index (χ0v) is 9.58. The van der Waals surface area contributed by atoms with E-state index in [4.69, 9.17) is 4.74 Å². The number of rotatable bonds is 4. The summed E-state index contributed by atoms with van der Waals surface area (Å²) in [5.41, 5.74) is -0.0688. The SMILES string of the molecule is C=CC(=O)NCCN1CCOC(C)(C)C1. The molecule has 0 spiro atoms. The van der Waals surface area contributed by atoms with Gasteiger partial charge in [0.1, 0.15) is 0 Å². The summed E-state index contributed by atoms with van der Waals surface area (Å²) in [7, 11) is 0. The van der Waals surface area contributed by atoms with Gasteiger partial charge in [0.15, 0.2) is 0 Å². The van der Waals surface area contributed by atoms with E-state index in [0.717, 1.165) is 26.2 Å². The molecule has 86 valence electrons. The van der Waals surface area contributed by atoms with E-state index in [9.17, 15) is 4.79 Å². The van der Waals surface area contributed by atoms with E-state index in [-0.39, 0.29) is 11.5 Å². The van der Waals surface area contributed by atoms with Gasteiger partial charge < -0.3 is 10.1 Å². The first kappa shape index (κ1) is 12.2. The molecule has 4 heteroatoms. The van der Waals surface area contributed by atoms with Crippen molar-refractivity contribution in [3.8, 4) is 0 Å². The molecule has 15 heavy (non-hydrogen) atoms. The molecular weight excluding hydrogens is 192 g/mol. The lowest BCUT2D eigenvalue weighted by molar-refractivity contribution is -0.116. The highest BCUT2D eigenvalue weighted by molar-refractivity contribution is 5.86. The quantitative estimate of drug-likeness (QED) is 0.686. The van der Waals surface area contributed by atoms with Gasteiger partial charge in [0, 0.05) is 26.2 Å². The molecule has 1 heterocycles. The first-order valence-corrected chi connectivity index (χ1v) is 5.30. The summed E-state index contributed by atoms with van der Waals surface area (Å²) < 4.78 is 5.60. The Hall–Kier alpha value is -0.870. The number of ether oxygens (including phenoxy) is 1. The maximum absolute atomic E-state index is 10.9. The van der Waals surface area contributed by atoms with E-state index in [0.29, 0.717) is 6.54 Å². The Balaban J connectivity index is 2.21. The van der Waals surface area contributed by atoms with Crippen LogP contribution in [0.4, 0.5) is 0 Å². The maximum Gasteiger partial charge on any atom is 0.243 e. The van der Waals surface area contributed by atoms with E-state index < -0.39 is 0 Å². The molecule has 0 radical (unpaired) electrons. The van der Waals surface area contributed by atoms with Gasteiger partial charge in [0.2, 0.25) is 5.91 Å². The first-order chi connectivity index (χ1) is 7.03. The zero-order valence-electron chi connectivity index (χ0n) is 9.58. The van der Waals surface area contributed by atoms with E-state index >= 15 is 0 Å². The number of nitrogens with zero attached hydrogens (tertiary/aromatic N) is 1. The second-order valence-electron chi connectivity index (χ2n) is 4.38. The van der Waals surface area contributed by atoms with Gasteiger partial charge in [-0.15, -0.1) is 0 Å². The van der Waals surface area contributed by atoms with Crippen LogP contribution in [0.15, 0.2) is 12.7 Å². The van der Waals surface area contributed by atoms with Crippen LogP contribution in [0.3, 0.4) is 0 Å². The van der Waals surface area contributed by atoms with Crippen molar-refractivity contribution in [1.82, 2.24) is 10.2 Å². The molecule has 4 nitrogen and oxygen atoms in total. The van der Waals surface area contributed by atoms with Crippen molar-refractivity contribution < 1.29 is 9.53 Å². The average Bonchev–Trinajstić information content (AvgIpc) is 2.16. The lowest BCUT2D eigenvalue weighted by atomic mass is 10.1. The van der Waals surface area contributed by atoms with Gasteiger partial charge in [0.25, 0.3) is 0 Å². The molecule has 0 atom stereocenters. The minimum atomic E-state index is -0.109. The molecule has 1 aliphatic rings. The summed E-state index contributed by atoms with van der Waals surface area (Å²) in [5, 5.41) is 2.77. The van der Waals surface area contributed by atoms with Gasteiger partial charge in [-0.2, -0.15) is 0 Å². The molecule has 0 aromatic heterocycles. The van der Waals surface area contributed by atoms with Crippen molar-refractivity contribution in [1.29, 1.82) is 0 Å². The fourth-order valence-electron chi connectivity index (χ4n) is 1.71. The Morgan fingerprint density at radius 2 is 2.40 bits per heavy atom. The normalized spacial score (nSPS) is 20.9. The van der Waals surface area contributed by atoms with Crippen LogP contribution in [0.25, 0.3) is 0 Å².